The second-order valence-corrected chi connectivity index (χ2v) is 8.02. The Hall–Kier alpha value is -1.85. The summed E-state index contributed by atoms with van der Waals surface area (Å²) in [4.78, 5) is 14.4. The van der Waals surface area contributed by atoms with E-state index in [-0.39, 0.29) is 18.2 Å². The molecule has 2 aliphatic heterocycles. The Balaban J connectivity index is 1.81. The average molecular weight is 345 g/mol. The standard InChI is InChI=1S/C20H27NO4/c1-14(15-8-6-5-7-9-15)20(23)10-16-12-24-13-17(11-20)21(16)18(22)25-19(2,3)4/h5-9,16-17,23H,1,10-13H2,2-4H3. The van der Waals surface area contributed by atoms with Gasteiger partial charge in [0.2, 0.25) is 0 Å². The second kappa shape index (κ2) is 6.46. The number of hydrogen-bond donors (Lipinski definition) is 1. The van der Waals surface area contributed by atoms with Gasteiger partial charge >= 0.3 is 6.09 Å². The monoisotopic (exact) mass is 345 g/mol. The molecule has 0 aliphatic carbocycles. The zero-order chi connectivity index (χ0) is 18.2. The van der Waals surface area contributed by atoms with E-state index < -0.39 is 11.2 Å². The molecule has 2 bridgehead atoms. The number of morpholine rings is 1. The number of carbonyl (C=O) groups excluding carboxylic acids is 1. The number of benzene rings is 1. The summed E-state index contributed by atoms with van der Waals surface area (Å²) in [7, 11) is 0. The van der Waals surface area contributed by atoms with Gasteiger partial charge in [-0.3, -0.25) is 4.90 Å². The summed E-state index contributed by atoms with van der Waals surface area (Å²) >= 11 is 0. The van der Waals surface area contributed by atoms with Crippen molar-refractivity contribution in [3.63, 3.8) is 0 Å². The van der Waals surface area contributed by atoms with Crippen molar-refractivity contribution in [2.75, 3.05) is 13.2 Å². The summed E-state index contributed by atoms with van der Waals surface area (Å²) in [6.07, 6.45) is 0.464. The van der Waals surface area contributed by atoms with Crippen molar-refractivity contribution in [3.8, 4) is 0 Å². The first-order valence-corrected chi connectivity index (χ1v) is 8.76. The third-order valence-corrected chi connectivity index (χ3v) is 4.84. The van der Waals surface area contributed by atoms with Crippen LogP contribution in [0.3, 0.4) is 0 Å². The van der Waals surface area contributed by atoms with Crippen molar-refractivity contribution in [1.29, 1.82) is 0 Å². The maximum absolute atomic E-state index is 12.6. The van der Waals surface area contributed by atoms with Crippen LogP contribution in [-0.2, 0) is 9.47 Å². The van der Waals surface area contributed by atoms with Crippen LogP contribution in [0.15, 0.2) is 36.9 Å². The maximum Gasteiger partial charge on any atom is 0.410 e. The number of fused-ring (bicyclic) bond motifs is 2. The molecule has 2 saturated heterocycles. The van der Waals surface area contributed by atoms with E-state index in [1.807, 2.05) is 51.1 Å². The summed E-state index contributed by atoms with van der Waals surface area (Å²) in [6.45, 7) is 10.5. The van der Waals surface area contributed by atoms with E-state index >= 15 is 0 Å². The Morgan fingerprint density at radius 2 is 1.80 bits per heavy atom. The van der Waals surface area contributed by atoms with E-state index in [2.05, 4.69) is 6.58 Å². The van der Waals surface area contributed by atoms with Gasteiger partial charge < -0.3 is 14.6 Å². The highest BCUT2D eigenvalue weighted by Gasteiger charge is 2.50. The summed E-state index contributed by atoms with van der Waals surface area (Å²) < 4.78 is 11.2. The summed E-state index contributed by atoms with van der Waals surface area (Å²) in [6, 6.07) is 9.28. The smallest absolute Gasteiger partial charge is 0.410 e. The predicted octanol–water partition coefficient (Wildman–Crippen LogP) is 3.23. The third-order valence-electron chi connectivity index (χ3n) is 4.84. The van der Waals surface area contributed by atoms with Gasteiger partial charge in [-0.15, -0.1) is 0 Å². The molecule has 1 aromatic carbocycles. The predicted molar refractivity (Wildman–Crippen MR) is 96.1 cm³/mol. The Kier molecular flexibility index (Phi) is 4.64. The lowest BCUT2D eigenvalue weighted by atomic mass is 9.75. The molecular weight excluding hydrogens is 318 g/mol. The van der Waals surface area contributed by atoms with Gasteiger partial charge in [-0.05, 0) is 31.9 Å². The fourth-order valence-electron chi connectivity index (χ4n) is 3.74. The normalized spacial score (nSPS) is 29.2. The fourth-order valence-corrected chi connectivity index (χ4v) is 3.74. The zero-order valence-electron chi connectivity index (χ0n) is 15.2. The van der Waals surface area contributed by atoms with Crippen LogP contribution in [0.4, 0.5) is 4.79 Å². The number of piperidine rings is 1. The molecule has 2 unspecified atom stereocenters. The SMILES string of the molecule is C=C(c1ccccc1)C1(O)CC2COCC(C1)N2C(=O)OC(C)(C)C. The van der Waals surface area contributed by atoms with Crippen LogP contribution in [0.1, 0.15) is 39.2 Å². The molecule has 0 aromatic heterocycles. The van der Waals surface area contributed by atoms with Crippen molar-refractivity contribution >= 4 is 11.7 Å². The molecule has 2 fully saturated rings. The van der Waals surface area contributed by atoms with Gasteiger partial charge in [0.1, 0.15) is 5.60 Å². The van der Waals surface area contributed by atoms with Crippen LogP contribution in [-0.4, -0.2) is 52.6 Å². The molecule has 25 heavy (non-hydrogen) atoms. The van der Waals surface area contributed by atoms with Gasteiger partial charge in [-0.25, -0.2) is 4.79 Å². The van der Waals surface area contributed by atoms with Gasteiger partial charge in [-0.2, -0.15) is 0 Å². The molecule has 2 atom stereocenters. The highest BCUT2D eigenvalue weighted by atomic mass is 16.6. The molecule has 136 valence electrons. The number of nitrogens with zero attached hydrogens (tertiary/aromatic N) is 1. The number of hydrogen-bond acceptors (Lipinski definition) is 4. The second-order valence-electron chi connectivity index (χ2n) is 8.02. The van der Waals surface area contributed by atoms with Crippen molar-refractivity contribution in [1.82, 2.24) is 4.90 Å². The molecule has 5 nitrogen and oxygen atoms in total. The van der Waals surface area contributed by atoms with E-state index in [0.717, 1.165) is 5.56 Å². The molecule has 1 amide bonds. The van der Waals surface area contributed by atoms with E-state index in [1.165, 1.54) is 0 Å². The molecule has 3 rings (SSSR count). The van der Waals surface area contributed by atoms with Crippen LogP contribution in [0.2, 0.25) is 0 Å². The molecule has 2 heterocycles. The minimum Gasteiger partial charge on any atom is -0.444 e. The van der Waals surface area contributed by atoms with Crippen molar-refractivity contribution in [2.45, 2.75) is 56.9 Å². The first-order chi connectivity index (χ1) is 11.7. The summed E-state index contributed by atoms with van der Waals surface area (Å²) in [5.41, 5.74) is 0.0376. The largest absolute Gasteiger partial charge is 0.444 e. The summed E-state index contributed by atoms with van der Waals surface area (Å²) in [5, 5.41) is 11.3. The van der Waals surface area contributed by atoms with Crippen LogP contribution < -0.4 is 0 Å². The molecule has 0 radical (unpaired) electrons. The number of rotatable bonds is 2. The van der Waals surface area contributed by atoms with Gasteiger partial charge in [0.25, 0.3) is 0 Å². The fraction of sp³-hybridized carbons (Fsp3) is 0.550. The maximum atomic E-state index is 12.6. The Labute approximate surface area is 149 Å². The lowest BCUT2D eigenvalue weighted by Crippen LogP contribution is -2.64. The van der Waals surface area contributed by atoms with E-state index in [9.17, 15) is 9.90 Å². The minimum atomic E-state index is -1.04. The van der Waals surface area contributed by atoms with Crippen molar-refractivity contribution < 1.29 is 19.4 Å². The van der Waals surface area contributed by atoms with Gasteiger partial charge in [-0.1, -0.05) is 36.9 Å². The number of ether oxygens (including phenoxy) is 2. The molecule has 2 aliphatic rings. The molecule has 5 heteroatoms. The molecule has 0 saturated carbocycles. The first-order valence-electron chi connectivity index (χ1n) is 8.76. The van der Waals surface area contributed by atoms with Gasteiger partial charge in [0.05, 0.1) is 30.9 Å². The highest BCUT2D eigenvalue weighted by molar-refractivity contribution is 5.73. The minimum absolute atomic E-state index is 0.215. The Morgan fingerprint density at radius 3 is 2.32 bits per heavy atom. The van der Waals surface area contributed by atoms with E-state index in [4.69, 9.17) is 9.47 Å². The quantitative estimate of drug-likeness (QED) is 0.894. The number of carbonyl (C=O) groups is 1. The lowest BCUT2D eigenvalue weighted by molar-refractivity contribution is -0.120. The lowest BCUT2D eigenvalue weighted by Gasteiger charge is -2.51. The topological polar surface area (TPSA) is 59.0 Å². The highest BCUT2D eigenvalue weighted by Crippen LogP contribution is 2.42. The third kappa shape index (κ3) is 3.72. The number of amides is 1. The average Bonchev–Trinajstić information content (AvgIpc) is 2.52. The van der Waals surface area contributed by atoms with Crippen LogP contribution in [0.5, 0.6) is 0 Å². The first kappa shape index (κ1) is 18.0. The van der Waals surface area contributed by atoms with Crippen molar-refractivity contribution in [2.24, 2.45) is 0 Å². The van der Waals surface area contributed by atoms with Gasteiger partial charge in [0, 0.05) is 12.8 Å². The Bertz CT molecular complexity index is 635. The van der Waals surface area contributed by atoms with Crippen LogP contribution in [0, 0.1) is 0 Å². The van der Waals surface area contributed by atoms with E-state index in [1.54, 1.807) is 4.90 Å². The molecule has 0 spiro atoms. The summed E-state index contributed by atoms with van der Waals surface area (Å²) in [5.74, 6) is 0. The molecule has 1 aromatic rings. The zero-order valence-corrected chi connectivity index (χ0v) is 15.2. The molecular formula is C20H27NO4. The molecule has 1 N–H and O–H groups in total. The van der Waals surface area contributed by atoms with Crippen LogP contribution in [0.25, 0.3) is 5.57 Å². The van der Waals surface area contributed by atoms with E-state index in [0.29, 0.717) is 31.6 Å². The van der Waals surface area contributed by atoms with Crippen molar-refractivity contribution in [3.05, 3.63) is 42.5 Å². The Morgan fingerprint density at radius 1 is 1.24 bits per heavy atom. The van der Waals surface area contributed by atoms with Gasteiger partial charge in [0.15, 0.2) is 0 Å². The number of aliphatic hydroxyl groups is 1. The van der Waals surface area contributed by atoms with Crippen LogP contribution >= 0.6 is 0 Å².